The molecule has 0 unspecified atom stereocenters. The van der Waals surface area contributed by atoms with Gasteiger partial charge in [-0.1, -0.05) is 43.2 Å². The van der Waals surface area contributed by atoms with E-state index in [-0.39, 0.29) is 35.7 Å². The van der Waals surface area contributed by atoms with Crippen molar-refractivity contribution in [3.63, 3.8) is 0 Å². The first-order chi connectivity index (χ1) is 17.8. The number of aromatic nitrogens is 1. The lowest BCUT2D eigenvalue weighted by molar-refractivity contribution is 0.0834. The van der Waals surface area contributed by atoms with Crippen molar-refractivity contribution in [2.75, 3.05) is 0 Å². The van der Waals surface area contributed by atoms with Crippen molar-refractivity contribution in [1.29, 1.82) is 0 Å². The van der Waals surface area contributed by atoms with Gasteiger partial charge < -0.3 is 19.9 Å². The quantitative estimate of drug-likeness (QED) is 0.524. The largest absolute Gasteiger partial charge is 0.483 e. The Hall–Kier alpha value is -4.08. The summed E-state index contributed by atoms with van der Waals surface area (Å²) in [7, 11) is 0. The number of benzene rings is 2. The maximum Gasteiger partial charge on any atom is 0.272 e. The number of hydrogen-bond acceptors (Lipinski definition) is 4. The van der Waals surface area contributed by atoms with Crippen LogP contribution in [-0.2, 0) is 13.2 Å². The molecule has 1 fully saturated rings. The van der Waals surface area contributed by atoms with Crippen molar-refractivity contribution in [1.82, 2.24) is 15.2 Å². The van der Waals surface area contributed by atoms with Crippen LogP contribution < -0.4 is 20.8 Å². The summed E-state index contributed by atoms with van der Waals surface area (Å²) in [6.45, 7) is -0.619. The van der Waals surface area contributed by atoms with E-state index < -0.39 is 46.8 Å². The van der Waals surface area contributed by atoms with Crippen molar-refractivity contribution in [2.45, 2.75) is 50.9 Å². The molecular weight excluding hydrogens is 487 g/mol. The molecule has 2 atom stereocenters. The van der Waals surface area contributed by atoms with E-state index in [2.05, 4.69) is 10.6 Å². The first-order valence-electron chi connectivity index (χ1n) is 12.0. The zero-order valence-corrected chi connectivity index (χ0v) is 19.7. The highest BCUT2D eigenvalue weighted by molar-refractivity contribution is 5.99. The summed E-state index contributed by atoms with van der Waals surface area (Å²) in [6, 6.07) is 9.71. The lowest BCUT2D eigenvalue weighted by Crippen LogP contribution is -2.50. The van der Waals surface area contributed by atoms with Crippen LogP contribution in [0.5, 0.6) is 5.75 Å². The topological polar surface area (TPSA) is 89.4 Å². The van der Waals surface area contributed by atoms with Gasteiger partial charge in [-0.05, 0) is 18.4 Å². The minimum absolute atomic E-state index is 0.0124. The molecule has 0 spiro atoms. The van der Waals surface area contributed by atoms with Crippen LogP contribution >= 0.6 is 0 Å². The number of pyridine rings is 1. The molecule has 2 N–H and O–H groups in total. The number of rotatable bonds is 6. The molecular formula is C27H24F3N3O4. The van der Waals surface area contributed by atoms with Crippen LogP contribution in [0.3, 0.4) is 0 Å². The average molecular weight is 512 g/mol. The predicted molar refractivity (Wildman–Crippen MR) is 128 cm³/mol. The first-order valence-corrected chi connectivity index (χ1v) is 12.0. The molecule has 2 heterocycles. The third-order valence-electron chi connectivity index (χ3n) is 6.81. The molecule has 2 amide bonds. The van der Waals surface area contributed by atoms with Crippen molar-refractivity contribution < 1.29 is 27.5 Å². The van der Waals surface area contributed by atoms with E-state index in [0.717, 1.165) is 31.2 Å². The second-order valence-corrected chi connectivity index (χ2v) is 9.19. The highest BCUT2D eigenvalue weighted by atomic mass is 19.1. The molecule has 2 aliphatic rings. The Morgan fingerprint density at radius 3 is 2.49 bits per heavy atom. The van der Waals surface area contributed by atoms with E-state index in [1.807, 2.05) is 6.07 Å². The van der Waals surface area contributed by atoms with Crippen LogP contribution in [0.25, 0.3) is 0 Å². The van der Waals surface area contributed by atoms with Gasteiger partial charge in [0, 0.05) is 36.5 Å². The number of amides is 2. The van der Waals surface area contributed by atoms with Crippen LogP contribution in [0.15, 0.2) is 53.5 Å². The zero-order valence-electron chi connectivity index (χ0n) is 19.7. The van der Waals surface area contributed by atoms with E-state index in [4.69, 9.17) is 4.74 Å². The average Bonchev–Trinajstić information content (AvgIpc) is 2.87. The summed E-state index contributed by atoms with van der Waals surface area (Å²) >= 11 is 0. The number of nitrogens with zero attached hydrogens (tertiary/aromatic N) is 1. The summed E-state index contributed by atoms with van der Waals surface area (Å²) in [5.41, 5.74) is -0.890. The Bertz CT molecular complexity index is 1400. The molecule has 2 aromatic carbocycles. The van der Waals surface area contributed by atoms with Crippen LogP contribution in [0.4, 0.5) is 13.2 Å². The maximum absolute atomic E-state index is 14.1. The fourth-order valence-corrected chi connectivity index (χ4v) is 4.97. The molecule has 10 heteroatoms. The number of fused-ring (bicyclic) bond motifs is 3. The Kier molecular flexibility index (Phi) is 6.73. The van der Waals surface area contributed by atoms with Gasteiger partial charge in [-0.25, -0.2) is 13.2 Å². The normalized spacial score (nSPS) is 18.4. The van der Waals surface area contributed by atoms with Crippen molar-refractivity contribution in [3.8, 4) is 5.75 Å². The number of hydrogen-bond donors (Lipinski definition) is 2. The minimum atomic E-state index is -1.16. The Morgan fingerprint density at radius 2 is 1.76 bits per heavy atom. The monoisotopic (exact) mass is 511 g/mol. The smallest absolute Gasteiger partial charge is 0.272 e. The molecule has 0 saturated heterocycles. The molecule has 1 aliphatic carbocycles. The van der Waals surface area contributed by atoms with Gasteiger partial charge >= 0.3 is 0 Å². The molecule has 1 aromatic heterocycles. The van der Waals surface area contributed by atoms with Gasteiger partial charge in [-0.3, -0.25) is 14.4 Å². The van der Waals surface area contributed by atoms with Crippen molar-refractivity contribution in [2.24, 2.45) is 0 Å². The number of halogens is 3. The van der Waals surface area contributed by atoms with Gasteiger partial charge in [0.25, 0.3) is 11.8 Å². The van der Waals surface area contributed by atoms with Gasteiger partial charge in [0.15, 0.2) is 11.4 Å². The molecule has 37 heavy (non-hydrogen) atoms. The van der Waals surface area contributed by atoms with Crippen LogP contribution in [0, 0.1) is 17.5 Å². The number of carbonyl (C=O) groups is 2. The molecule has 0 bridgehead atoms. The van der Waals surface area contributed by atoms with Crippen LogP contribution in [0.1, 0.15) is 63.7 Å². The molecule has 1 aliphatic heterocycles. The Morgan fingerprint density at radius 1 is 1.05 bits per heavy atom. The van der Waals surface area contributed by atoms with Crippen LogP contribution in [-0.4, -0.2) is 22.4 Å². The lowest BCUT2D eigenvalue weighted by Gasteiger charge is -2.39. The maximum atomic E-state index is 14.1. The van der Waals surface area contributed by atoms with E-state index in [1.54, 1.807) is 28.8 Å². The Labute approximate surface area is 210 Å². The number of nitrogens with one attached hydrogen (secondary N) is 2. The molecule has 1 saturated carbocycles. The summed E-state index contributed by atoms with van der Waals surface area (Å²) in [4.78, 5) is 39.6. The van der Waals surface area contributed by atoms with Crippen molar-refractivity contribution in [3.05, 3.63) is 98.7 Å². The summed E-state index contributed by atoms with van der Waals surface area (Å²) < 4.78 is 48.8. The minimum Gasteiger partial charge on any atom is -0.483 e. The first kappa shape index (κ1) is 24.6. The lowest BCUT2D eigenvalue weighted by atomic mass is 9.87. The second-order valence-electron chi connectivity index (χ2n) is 9.19. The van der Waals surface area contributed by atoms with Crippen LogP contribution in [0.2, 0.25) is 0 Å². The number of carbonyl (C=O) groups excluding carboxylic acids is 2. The zero-order chi connectivity index (χ0) is 26.1. The predicted octanol–water partition coefficient (Wildman–Crippen LogP) is 4.00. The van der Waals surface area contributed by atoms with E-state index in [9.17, 15) is 27.6 Å². The van der Waals surface area contributed by atoms with Gasteiger partial charge in [0.05, 0.1) is 6.04 Å². The summed E-state index contributed by atoms with van der Waals surface area (Å²) in [5.74, 6) is -5.03. The Balaban J connectivity index is 1.52. The SMILES string of the molecule is O=C(NCc1c(F)cc(F)cc1F)c1cn2c(c(OCc3ccccc3)c1=O)C(=O)N[C@H]1CCCC[C@H]12. The van der Waals surface area contributed by atoms with E-state index in [1.165, 1.54) is 6.20 Å². The fraction of sp³-hybridized carbons (Fsp3) is 0.296. The number of ether oxygens (including phenoxy) is 1. The van der Waals surface area contributed by atoms with Gasteiger partial charge in [0.1, 0.15) is 29.6 Å². The van der Waals surface area contributed by atoms with E-state index >= 15 is 0 Å². The fourth-order valence-electron chi connectivity index (χ4n) is 4.97. The third-order valence-corrected chi connectivity index (χ3v) is 6.81. The highest BCUT2D eigenvalue weighted by Crippen LogP contribution is 2.35. The highest BCUT2D eigenvalue weighted by Gasteiger charge is 2.38. The summed E-state index contributed by atoms with van der Waals surface area (Å²) in [5, 5.41) is 5.30. The molecule has 7 nitrogen and oxygen atoms in total. The summed E-state index contributed by atoms with van der Waals surface area (Å²) in [6.07, 6.45) is 4.66. The van der Waals surface area contributed by atoms with Crippen molar-refractivity contribution >= 4 is 11.8 Å². The second kappa shape index (κ2) is 10.1. The van der Waals surface area contributed by atoms with E-state index in [0.29, 0.717) is 12.1 Å². The van der Waals surface area contributed by atoms with Gasteiger partial charge in [-0.15, -0.1) is 0 Å². The molecule has 5 rings (SSSR count). The third kappa shape index (κ3) is 4.83. The molecule has 0 radical (unpaired) electrons. The molecule has 192 valence electrons. The van der Waals surface area contributed by atoms with Gasteiger partial charge in [0.2, 0.25) is 5.43 Å². The molecule has 3 aromatic rings. The van der Waals surface area contributed by atoms with Gasteiger partial charge in [-0.2, -0.15) is 0 Å². The standard InChI is InChI=1S/C27H24F3N3O4/c28-16-10-19(29)17(20(30)11-16)12-31-26(35)18-13-33-22-9-5-4-8-21(22)32-27(36)23(33)25(24(18)34)37-14-15-6-2-1-3-7-15/h1-3,6-7,10-11,13,21-22H,4-5,8-9,12,14H2,(H,31,35)(H,32,36)/t21-,22+/m0/s1.